The molecule has 0 aliphatic carbocycles. The zero-order chi connectivity index (χ0) is 15.4. The van der Waals surface area contributed by atoms with E-state index in [0.717, 1.165) is 17.2 Å². The lowest BCUT2D eigenvalue weighted by Crippen LogP contribution is -2.43. The lowest BCUT2D eigenvalue weighted by molar-refractivity contribution is -0.123. The summed E-state index contributed by atoms with van der Waals surface area (Å²) in [6.07, 6.45) is 0.593. The van der Waals surface area contributed by atoms with Gasteiger partial charge in [-0.25, -0.2) is 0 Å². The zero-order valence-electron chi connectivity index (χ0n) is 12.3. The summed E-state index contributed by atoms with van der Waals surface area (Å²) >= 11 is 1.72. The van der Waals surface area contributed by atoms with Crippen molar-refractivity contribution in [1.82, 2.24) is 20.8 Å². The molecule has 6 nitrogen and oxygen atoms in total. The number of nitrogens with zero attached hydrogens (tertiary/aromatic N) is 2. The summed E-state index contributed by atoms with van der Waals surface area (Å²) in [6, 6.07) is 9.54. The Morgan fingerprint density at radius 1 is 1.50 bits per heavy atom. The molecule has 0 saturated carbocycles. The highest BCUT2D eigenvalue weighted by Gasteiger charge is 2.25. The summed E-state index contributed by atoms with van der Waals surface area (Å²) in [5.41, 5.74) is 1.11. The highest BCUT2D eigenvalue weighted by Crippen LogP contribution is 2.14. The number of thioether (sulfide) groups is 1. The molecule has 1 aliphatic heterocycles. The van der Waals surface area contributed by atoms with Crippen molar-refractivity contribution in [3.05, 3.63) is 47.6 Å². The maximum absolute atomic E-state index is 12.1. The van der Waals surface area contributed by atoms with E-state index in [0.29, 0.717) is 18.1 Å². The minimum atomic E-state index is -0.270. The van der Waals surface area contributed by atoms with Crippen LogP contribution in [0, 0.1) is 0 Å². The van der Waals surface area contributed by atoms with E-state index >= 15 is 0 Å². The fraction of sp³-hybridized carbons (Fsp3) is 0.400. The van der Waals surface area contributed by atoms with E-state index < -0.39 is 0 Å². The minimum Gasteiger partial charge on any atom is -0.345 e. The van der Waals surface area contributed by atoms with Crippen molar-refractivity contribution in [3.8, 4) is 0 Å². The van der Waals surface area contributed by atoms with Crippen LogP contribution in [0.1, 0.15) is 30.2 Å². The van der Waals surface area contributed by atoms with Crippen LogP contribution >= 0.6 is 11.8 Å². The zero-order valence-corrected chi connectivity index (χ0v) is 13.1. The van der Waals surface area contributed by atoms with Gasteiger partial charge in [0.05, 0.1) is 18.5 Å². The van der Waals surface area contributed by atoms with Gasteiger partial charge >= 0.3 is 0 Å². The van der Waals surface area contributed by atoms with Crippen molar-refractivity contribution >= 4 is 17.7 Å². The fourth-order valence-electron chi connectivity index (χ4n) is 2.23. The number of hydrogen-bond acceptors (Lipinski definition) is 6. The summed E-state index contributed by atoms with van der Waals surface area (Å²) in [4.78, 5) is 16.4. The van der Waals surface area contributed by atoms with E-state index in [1.807, 2.05) is 37.3 Å². The van der Waals surface area contributed by atoms with Gasteiger partial charge in [0.25, 0.3) is 0 Å². The molecule has 2 heterocycles. The summed E-state index contributed by atoms with van der Waals surface area (Å²) in [6.45, 7) is 1.86. The van der Waals surface area contributed by atoms with Crippen molar-refractivity contribution in [2.45, 2.75) is 25.4 Å². The highest BCUT2D eigenvalue weighted by molar-refractivity contribution is 7.99. The predicted molar refractivity (Wildman–Crippen MR) is 84.4 cm³/mol. The second-order valence-electron chi connectivity index (χ2n) is 5.21. The fourth-order valence-corrected chi connectivity index (χ4v) is 3.17. The normalized spacial score (nSPS) is 19.0. The molecule has 1 aliphatic rings. The molecule has 2 atom stereocenters. The first-order valence-corrected chi connectivity index (χ1v) is 8.36. The van der Waals surface area contributed by atoms with E-state index in [2.05, 4.69) is 20.8 Å². The van der Waals surface area contributed by atoms with E-state index in [9.17, 15) is 4.79 Å². The topological polar surface area (TPSA) is 80.0 Å². The summed E-state index contributed by atoms with van der Waals surface area (Å²) < 4.78 is 5.26. The largest absolute Gasteiger partial charge is 0.345 e. The number of carbonyl (C=O) groups is 1. The number of benzene rings is 1. The molecule has 1 aromatic heterocycles. The van der Waals surface area contributed by atoms with Crippen LogP contribution in [0.4, 0.5) is 0 Å². The van der Waals surface area contributed by atoms with Gasteiger partial charge in [0.2, 0.25) is 11.8 Å². The van der Waals surface area contributed by atoms with Crippen molar-refractivity contribution < 1.29 is 9.32 Å². The molecule has 0 bridgehead atoms. The Labute approximate surface area is 133 Å². The number of aromatic nitrogens is 2. The molecule has 22 heavy (non-hydrogen) atoms. The average Bonchev–Trinajstić information content (AvgIpc) is 3.19. The van der Waals surface area contributed by atoms with Crippen LogP contribution in [0.15, 0.2) is 34.9 Å². The van der Waals surface area contributed by atoms with Gasteiger partial charge in [0.15, 0.2) is 5.82 Å². The lowest BCUT2D eigenvalue weighted by atomic mass is 10.1. The van der Waals surface area contributed by atoms with E-state index in [4.69, 9.17) is 4.52 Å². The van der Waals surface area contributed by atoms with Crippen LogP contribution in [0.5, 0.6) is 0 Å². The van der Waals surface area contributed by atoms with Gasteiger partial charge in [-0.15, -0.1) is 11.8 Å². The quantitative estimate of drug-likeness (QED) is 0.870. The van der Waals surface area contributed by atoms with Crippen LogP contribution in [-0.4, -0.2) is 33.7 Å². The van der Waals surface area contributed by atoms with E-state index in [-0.39, 0.29) is 18.0 Å². The minimum absolute atomic E-state index is 0.0214. The molecular weight excluding hydrogens is 300 g/mol. The maximum Gasteiger partial charge on any atom is 0.238 e. The molecule has 1 aromatic carbocycles. The standard InChI is InChI=1S/C15H18N4O2S/c1-10(17-15(20)12-8-22-9-16-12)14-18-13(21-19-14)7-11-5-3-2-4-6-11/h2-6,10,12,16H,7-9H2,1H3,(H,17,20)/t10?,12-/m1/s1. The van der Waals surface area contributed by atoms with Crippen molar-refractivity contribution in [2.24, 2.45) is 0 Å². The third kappa shape index (κ3) is 3.66. The van der Waals surface area contributed by atoms with Crippen molar-refractivity contribution in [1.29, 1.82) is 0 Å². The molecule has 2 aromatic rings. The van der Waals surface area contributed by atoms with E-state index in [1.165, 1.54) is 0 Å². The Balaban J connectivity index is 1.59. The Kier molecular flexibility index (Phi) is 4.74. The smallest absolute Gasteiger partial charge is 0.238 e. The molecule has 2 N–H and O–H groups in total. The molecule has 1 saturated heterocycles. The van der Waals surface area contributed by atoms with Gasteiger partial charge in [0.1, 0.15) is 0 Å². The van der Waals surface area contributed by atoms with Gasteiger partial charge in [-0.1, -0.05) is 35.5 Å². The molecule has 7 heteroatoms. The van der Waals surface area contributed by atoms with Gasteiger partial charge in [-0.3, -0.25) is 10.1 Å². The first-order valence-electron chi connectivity index (χ1n) is 7.20. The number of rotatable bonds is 5. The van der Waals surface area contributed by atoms with Crippen LogP contribution < -0.4 is 10.6 Å². The summed E-state index contributed by atoms with van der Waals surface area (Å²) in [5, 5.41) is 10.0. The van der Waals surface area contributed by atoms with Gasteiger partial charge < -0.3 is 9.84 Å². The van der Waals surface area contributed by atoms with Crippen LogP contribution in [0.2, 0.25) is 0 Å². The van der Waals surface area contributed by atoms with Crippen LogP contribution in [0.3, 0.4) is 0 Å². The Morgan fingerprint density at radius 3 is 3.05 bits per heavy atom. The first kappa shape index (κ1) is 15.1. The highest BCUT2D eigenvalue weighted by atomic mass is 32.2. The van der Waals surface area contributed by atoms with E-state index in [1.54, 1.807) is 11.8 Å². The first-order chi connectivity index (χ1) is 10.7. The van der Waals surface area contributed by atoms with Crippen molar-refractivity contribution in [3.63, 3.8) is 0 Å². The maximum atomic E-state index is 12.1. The molecule has 3 rings (SSSR count). The molecule has 0 radical (unpaired) electrons. The molecular formula is C15H18N4O2S. The summed E-state index contributed by atoms with van der Waals surface area (Å²) in [5.74, 6) is 2.65. The third-order valence-electron chi connectivity index (χ3n) is 3.46. The van der Waals surface area contributed by atoms with Crippen molar-refractivity contribution in [2.75, 3.05) is 11.6 Å². The lowest BCUT2D eigenvalue weighted by Gasteiger charge is -2.13. The molecule has 0 spiro atoms. The summed E-state index contributed by atoms with van der Waals surface area (Å²) in [7, 11) is 0. The SMILES string of the molecule is CC(NC(=O)[C@H]1CSCN1)c1noc(Cc2ccccc2)n1. The molecule has 1 unspecified atom stereocenters. The predicted octanol–water partition coefficient (Wildman–Crippen LogP) is 1.50. The average molecular weight is 318 g/mol. The molecule has 116 valence electrons. The van der Waals surface area contributed by atoms with Gasteiger partial charge in [-0.2, -0.15) is 4.98 Å². The Morgan fingerprint density at radius 2 is 2.32 bits per heavy atom. The van der Waals surface area contributed by atoms with Gasteiger partial charge in [0, 0.05) is 11.6 Å². The molecule has 1 fully saturated rings. The number of nitrogens with one attached hydrogen (secondary N) is 2. The third-order valence-corrected chi connectivity index (χ3v) is 4.40. The Bertz CT molecular complexity index is 625. The second kappa shape index (κ2) is 6.93. The number of carbonyl (C=O) groups excluding carboxylic acids is 1. The molecule has 1 amide bonds. The monoisotopic (exact) mass is 318 g/mol. The van der Waals surface area contributed by atoms with Crippen LogP contribution in [0.25, 0.3) is 0 Å². The van der Waals surface area contributed by atoms with Gasteiger partial charge in [-0.05, 0) is 12.5 Å². The second-order valence-corrected chi connectivity index (χ2v) is 6.24. The van der Waals surface area contributed by atoms with Crippen LogP contribution in [-0.2, 0) is 11.2 Å². The number of amides is 1. The Hall–Kier alpha value is -1.86. The number of hydrogen-bond donors (Lipinski definition) is 2.